The Morgan fingerprint density at radius 2 is 2.19 bits per heavy atom. The fourth-order valence-corrected chi connectivity index (χ4v) is 2.19. The molecule has 1 aliphatic rings. The van der Waals surface area contributed by atoms with E-state index in [0.717, 1.165) is 18.4 Å². The van der Waals surface area contributed by atoms with Crippen LogP contribution in [0.3, 0.4) is 0 Å². The molecule has 4 nitrogen and oxygen atoms in total. The first-order valence-corrected chi connectivity index (χ1v) is 5.62. The fraction of sp³-hybridized carbons (Fsp3) is 0.500. The summed E-state index contributed by atoms with van der Waals surface area (Å²) in [5, 5.41) is 13.3. The van der Waals surface area contributed by atoms with Crippen LogP contribution in [0.2, 0.25) is 0 Å². The van der Waals surface area contributed by atoms with Crippen molar-refractivity contribution in [1.82, 2.24) is 0 Å². The summed E-state index contributed by atoms with van der Waals surface area (Å²) in [7, 11) is 0. The maximum Gasteiger partial charge on any atom is 0.0791 e. The first-order chi connectivity index (χ1) is 7.81. The van der Waals surface area contributed by atoms with Crippen LogP contribution in [-0.4, -0.2) is 11.7 Å². The van der Waals surface area contributed by atoms with Crippen molar-refractivity contribution in [1.29, 1.82) is 0 Å². The second kappa shape index (κ2) is 5.01. The minimum absolute atomic E-state index is 0.342. The van der Waals surface area contributed by atoms with Gasteiger partial charge in [-0.25, -0.2) is 0 Å². The molecular formula is C12H15N3O. The van der Waals surface area contributed by atoms with Crippen molar-refractivity contribution in [3.8, 4) is 0 Å². The topological polar surface area (TPSA) is 69.0 Å². The second-order valence-corrected chi connectivity index (χ2v) is 4.14. The third-order valence-electron chi connectivity index (χ3n) is 3.07. The molecule has 1 aliphatic carbocycles. The minimum atomic E-state index is -0.517. The number of rotatable bonds is 4. The highest BCUT2D eigenvalue weighted by molar-refractivity contribution is 5.36. The van der Waals surface area contributed by atoms with Crippen LogP contribution in [0, 0.1) is 0 Å². The molecule has 0 saturated carbocycles. The third kappa shape index (κ3) is 2.35. The van der Waals surface area contributed by atoms with Crippen LogP contribution in [-0.2, 0) is 12.8 Å². The van der Waals surface area contributed by atoms with E-state index in [1.165, 1.54) is 17.5 Å². The van der Waals surface area contributed by atoms with Crippen molar-refractivity contribution >= 4 is 0 Å². The summed E-state index contributed by atoms with van der Waals surface area (Å²) >= 11 is 0. The lowest BCUT2D eigenvalue weighted by atomic mass is 10.0. The molecular weight excluding hydrogens is 202 g/mol. The van der Waals surface area contributed by atoms with Crippen LogP contribution in [0.1, 0.15) is 35.6 Å². The number of fused-ring (bicyclic) bond motifs is 1. The number of benzene rings is 1. The molecule has 0 amide bonds. The zero-order chi connectivity index (χ0) is 11.4. The Bertz CT molecular complexity index is 424. The average molecular weight is 217 g/mol. The van der Waals surface area contributed by atoms with Gasteiger partial charge in [-0.15, -0.1) is 0 Å². The van der Waals surface area contributed by atoms with Gasteiger partial charge in [-0.3, -0.25) is 0 Å². The van der Waals surface area contributed by atoms with Gasteiger partial charge in [0.2, 0.25) is 0 Å². The van der Waals surface area contributed by atoms with E-state index in [1.807, 2.05) is 6.07 Å². The molecule has 0 saturated heterocycles. The quantitative estimate of drug-likeness (QED) is 0.470. The number of hydrogen-bond donors (Lipinski definition) is 1. The van der Waals surface area contributed by atoms with Crippen molar-refractivity contribution in [2.45, 2.75) is 31.8 Å². The summed E-state index contributed by atoms with van der Waals surface area (Å²) in [6.07, 6.45) is 3.46. The molecule has 0 bridgehead atoms. The van der Waals surface area contributed by atoms with Crippen molar-refractivity contribution in [3.05, 3.63) is 45.3 Å². The lowest BCUT2D eigenvalue weighted by Crippen LogP contribution is -2.00. The molecule has 1 N–H and O–H groups in total. The highest BCUT2D eigenvalue weighted by atomic mass is 16.3. The van der Waals surface area contributed by atoms with E-state index in [0.29, 0.717) is 13.0 Å². The molecule has 0 spiro atoms. The number of nitrogens with zero attached hydrogens (tertiary/aromatic N) is 3. The molecule has 1 unspecified atom stereocenters. The molecule has 0 aromatic heterocycles. The Morgan fingerprint density at radius 1 is 1.38 bits per heavy atom. The standard InChI is InChI=1S/C12H15N3O/c13-15-14-7-6-12(16)11-5-4-9-2-1-3-10(9)8-11/h4-5,8,12,16H,1-3,6-7H2. The zero-order valence-electron chi connectivity index (χ0n) is 9.13. The summed E-state index contributed by atoms with van der Waals surface area (Å²) in [5.41, 5.74) is 11.9. The Hall–Kier alpha value is -1.51. The highest BCUT2D eigenvalue weighted by Crippen LogP contribution is 2.26. The summed E-state index contributed by atoms with van der Waals surface area (Å²) in [5.74, 6) is 0. The minimum Gasteiger partial charge on any atom is -0.388 e. The molecule has 16 heavy (non-hydrogen) atoms. The molecule has 0 aliphatic heterocycles. The molecule has 0 heterocycles. The largest absolute Gasteiger partial charge is 0.388 e. The molecule has 1 aromatic rings. The zero-order valence-corrected chi connectivity index (χ0v) is 9.13. The van der Waals surface area contributed by atoms with Crippen molar-refractivity contribution in [3.63, 3.8) is 0 Å². The predicted molar refractivity (Wildman–Crippen MR) is 62.1 cm³/mol. The summed E-state index contributed by atoms with van der Waals surface area (Å²) in [6.45, 7) is 0.342. The molecule has 1 aromatic carbocycles. The van der Waals surface area contributed by atoms with E-state index in [1.54, 1.807) is 0 Å². The van der Waals surface area contributed by atoms with Gasteiger partial charge < -0.3 is 5.11 Å². The van der Waals surface area contributed by atoms with Gasteiger partial charge in [-0.2, -0.15) is 0 Å². The molecule has 4 heteroatoms. The molecule has 0 radical (unpaired) electrons. The van der Waals surface area contributed by atoms with E-state index < -0.39 is 6.10 Å². The maximum atomic E-state index is 9.90. The Kier molecular flexibility index (Phi) is 3.44. The SMILES string of the molecule is [N-]=[N+]=NCCC(O)c1ccc2c(c1)CCC2. The maximum absolute atomic E-state index is 9.90. The molecule has 1 atom stereocenters. The molecule has 2 rings (SSSR count). The number of aliphatic hydroxyl groups is 1. The molecule has 84 valence electrons. The van der Waals surface area contributed by atoms with Crippen LogP contribution >= 0.6 is 0 Å². The summed E-state index contributed by atoms with van der Waals surface area (Å²) < 4.78 is 0. The van der Waals surface area contributed by atoms with Crippen molar-refractivity contribution in [2.75, 3.05) is 6.54 Å². The lowest BCUT2D eigenvalue weighted by Gasteiger charge is -2.11. The Balaban J connectivity index is 2.06. The number of aryl methyl sites for hydroxylation is 2. The number of azide groups is 1. The first kappa shape index (κ1) is 11.0. The van der Waals surface area contributed by atoms with E-state index in [4.69, 9.17) is 5.53 Å². The van der Waals surface area contributed by atoms with Gasteiger partial charge in [-0.1, -0.05) is 23.3 Å². The van der Waals surface area contributed by atoms with Gasteiger partial charge in [0, 0.05) is 11.5 Å². The van der Waals surface area contributed by atoms with Crippen molar-refractivity contribution < 1.29 is 5.11 Å². The van der Waals surface area contributed by atoms with Crippen molar-refractivity contribution in [2.24, 2.45) is 5.11 Å². The van der Waals surface area contributed by atoms with Crippen LogP contribution in [0.25, 0.3) is 10.4 Å². The molecule has 0 fully saturated rings. The van der Waals surface area contributed by atoms with Gasteiger partial charge in [0.05, 0.1) is 6.10 Å². The lowest BCUT2D eigenvalue weighted by molar-refractivity contribution is 0.170. The van der Waals surface area contributed by atoms with Gasteiger partial charge >= 0.3 is 0 Å². The third-order valence-corrected chi connectivity index (χ3v) is 3.07. The monoisotopic (exact) mass is 217 g/mol. The van der Waals surface area contributed by atoms with Gasteiger partial charge in [-0.05, 0) is 47.9 Å². The Labute approximate surface area is 94.5 Å². The fourth-order valence-electron chi connectivity index (χ4n) is 2.19. The average Bonchev–Trinajstić information content (AvgIpc) is 2.76. The summed E-state index contributed by atoms with van der Waals surface area (Å²) in [6, 6.07) is 6.17. The van der Waals surface area contributed by atoms with Gasteiger partial charge in [0.15, 0.2) is 0 Å². The van der Waals surface area contributed by atoms with Crippen LogP contribution < -0.4 is 0 Å². The first-order valence-electron chi connectivity index (χ1n) is 5.62. The van der Waals surface area contributed by atoms with Crippen LogP contribution in [0.4, 0.5) is 0 Å². The number of hydrogen-bond acceptors (Lipinski definition) is 2. The van der Waals surface area contributed by atoms with E-state index in [2.05, 4.69) is 22.2 Å². The normalized spacial score (nSPS) is 15.3. The predicted octanol–water partition coefficient (Wildman–Crippen LogP) is 2.91. The van der Waals surface area contributed by atoms with Gasteiger partial charge in [0.1, 0.15) is 0 Å². The van der Waals surface area contributed by atoms with E-state index >= 15 is 0 Å². The van der Waals surface area contributed by atoms with Crippen LogP contribution in [0.15, 0.2) is 23.3 Å². The van der Waals surface area contributed by atoms with E-state index in [9.17, 15) is 5.11 Å². The summed E-state index contributed by atoms with van der Waals surface area (Å²) in [4.78, 5) is 2.67. The number of aliphatic hydroxyl groups excluding tert-OH is 1. The van der Waals surface area contributed by atoms with Gasteiger partial charge in [0.25, 0.3) is 0 Å². The highest BCUT2D eigenvalue weighted by Gasteiger charge is 2.13. The van der Waals surface area contributed by atoms with E-state index in [-0.39, 0.29) is 0 Å². The smallest absolute Gasteiger partial charge is 0.0791 e. The Morgan fingerprint density at radius 3 is 3.00 bits per heavy atom. The van der Waals surface area contributed by atoms with Crippen LogP contribution in [0.5, 0.6) is 0 Å². The second-order valence-electron chi connectivity index (χ2n) is 4.14.